The molecule has 124 valence electrons. The van der Waals surface area contributed by atoms with Crippen LogP contribution in [0.25, 0.3) is 11.2 Å². The summed E-state index contributed by atoms with van der Waals surface area (Å²) in [4.78, 5) is 16.9. The van der Waals surface area contributed by atoms with Crippen LogP contribution in [0.4, 0.5) is 11.6 Å². The number of nitrogen functional groups attached to an aromatic ring is 1. The number of nitrogens with zero attached hydrogens (tertiary/aromatic N) is 5. The molecule has 0 unspecified atom stereocenters. The van der Waals surface area contributed by atoms with Crippen LogP contribution in [0, 0.1) is 6.92 Å². The van der Waals surface area contributed by atoms with E-state index in [0.29, 0.717) is 16.9 Å². The van der Waals surface area contributed by atoms with Gasteiger partial charge in [-0.1, -0.05) is 6.07 Å². The van der Waals surface area contributed by atoms with Gasteiger partial charge >= 0.3 is 0 Å². The fraction of sp³-hybridized carbons (Fsp3) is 0.0588. The lowest BCUT2D eigenvalue weighted by molar-refractivity contribution is 0.102. The third kappa shape index (κ3) is 2.59. The number of nitrogens with two attached hydrogens (primary N) is 1. The Morgan fingerprint density at radius 1 is 1.20 bits per heavy atom. The molecule has 0 aliphatic carbocycles. The van der Waals surface area contributed by atoms with Crippen molar-refractivity contribution in [1.82, 2.24) is 24.4 Å². The van der Waals surface area contributed by atoms with Gasteiger partial charge in [-0.05, 0) is 31.2 Å². The number of carbonyl (C=O) groups excluding carboxylic acids is 1. The summed E-state index contributed by atoms with van der Waals surface area (Å²) in [6.45, 7) is 1.85. The molecular weight excluding hydrogens is 318 g/mol. The molecule has 0 radical (unpaired) electrons. The highest BCUT2D eigenvalue weighted by Gasteiger charge is 2.19. The smallest absolute Gasteiger partial charge is 0.262 e. The number of amides is 1. The van der Waals surface area contributed by atoms with Gasteiger partial charge in [-0.15, -0.1) is 5.10 Å². The first kappa shape index (κ1) is 14.9. The number of carbonyl (C=O) groups is 1. The molecule has 0 aliphatic heterocycles. The molecule has 4 aromatic heterocycles. The Balaban J connectivity index is 1.73. The van der Waals surface area contributed by atoms with E-state index in [1.807, 2.05) is 25.1 Å². The van der Waals surface area contributed by atoms with Crippen molar-refractivity contribution in [3.63, 3.8) is 0 Å². The Bertz CT molecular complexity index is 1070. The van der Waals surface area contributed by atoms with Gasteiger partial charge in [-0.3, -0.25) is 9.78 Å². The zero-order chi connectivity index (χ0) is 17.4. The molecule has 0 saturated carbocycles. The van der Waals surface area contributed by atoms with Gasteiger partial charge < -0.3 is 11.1 Å². The van der Waals surface area contributed by atoms with Crippen LogP contribution in [0.5, 0.6) is 0 Å². The highest BCUT2D eigenvalue weighted by molar-refractivity contribution is 6.12. The second-order valence-corrected chi connectivity index (χ2v) is 5.54. The Morgan fingerprint density at radius 2 is 2.08 bits per heavy atom. The average molecular weight is 333 g/mol. The van der Waals surface area contributed by atoms with Gasteiger partial charge in [0.1, 0.15) is 11.4 Å². The zero-order valence-corrected chi connectivity index (χ0v) is 13.4. The number of hydrogen-bond acceptors (Lipinski definition) is 5. The predicted octanol–water partition coefficient (Wildman–Crippen LogP) is 2.06. The Hall–Kier alpha value is -3.68. The predicted molar refractivity (Wildman–Crippen MR) is 93.7 cm³/mol. The van der Waals surface area contributed by atoms with Gasteiger partial charge in [0, 0.05) is 18.5 Å². The lowest BCUT2D eigenvalue weighted by atomic mass is 10.2. The van der Waals surface area contributed by atoms with Crippen molar-refractivity contribution < 1.29 is 4.79 Å². The molecule has 4 aromatic rings. The minimum Gasteiger partial charge on any atom is -0.382 e. The highest BCUT2D eigenvalue weighted by atomic mass is 16.1. The third-order valence-electron chi connectivity index (χ3n) is 3.76. The van der Waals surface area contributed by atoms with Crippen LogP contribution in [-0.2, 0) is 0 Å². The number of fused-ring (bicyclic) bond motifs is 1. The van der Waals surface area contributed by atoms with Gasteiger partial charge in [0.2, 0.25) is 0 Å². The molecule has 0 saturated heterocycles. The fourth-order valence-corrected chi connectivity index (χ4v) is 2.69. The number of aromatic nitrogens is 5. The zero-order valence-electron chi connectivity index (χ0n) is 13.4. The van der Waals surface area contributed by atoms with Crippen molar-refractivity contribution in [2.45, 2.75) is 6.92 Å². The first-order valence-corrected chi connectivity index (χ1v) is 7.65. The van der Waals surface area contributed by atoms with Crippen LogP contribution < -0.4 is 11.1 Å². The highest BCUT2D eigenvalue weighted by Crippen LogP contribution is 2.21. The summed E-state index contributed by atoms with van der Waals surface area (Å²) in [5.74, 6) is 0.363. The van der Waals surface area contributed by atoms with Crippen molar-refractivity contribution in [2.75, 3.05) is 11.1 Å². The second kappa shape index (κ2) is 5.75. The van der Waals surface area contributed by atoms with E-state index in [4.69, 9.17) is 5.73 Å². The topological polar surface area (TPSA) is 103 Å². The van der Waals surface area contributed by atoms with Gasteiger partial charge in [-0.25, -0.2) is 9.20 Å². The van der Waals surface area contributed by atoms with Gasteiger partial charge in [0.15, 0.2) is 5.82 Å². The molecule has 0 fully saturated rings. The Labute approximate surface area is 142 Å². The molecular formula is C17H15N7O. The maximum atomic E-state index is 12.8. The first-order chi connectivity index (χ1) is 12.1. The normalized spacial score (nSPS) is 10.9. The van der Waals surface area contributed by atoms with Crippen molar-refractivity contribution in [2.24, 2.45) is 0 Å². The van der Waals surface area contributed by atoms with Crippen molar-refractivity contribution in [3.8, 4) is 5.69 Å². The van der Waals surface area contributed by atoms with E-state index in [9.17, 15) is 4.79 Å². The third-order valence-corrected chi connectivity index (χ3v) is 3.76. The fourth-order valence-electron chi connectivity index (χ4n) is 2.69. The summed E-state index contributed by atoms with van der Waals surface area (Å²) < 4.78 is 3.20. The molecule has 0 atom stereocenters. The number of aryl methyl sites for hydroxylation is 1. The maximum Gasteiger partial charge on any atom is 0.262 e. The summed E-state index contributed by atoms with van der Waals surface area (Å²) in [6.07, 6.45) is 5.09. The molecule has 4 rings (SSSR count). The molecule has 4 heterocycles. The molecule has 0 aromatic carbocycles. The van der Waals surface area contributed by atoms with Gasteiger partial charge in [0.05, 0.1) is 23.1 Å². The largest absolute Gasteiger partial charge is 0.382 e. The van der Waals surface area contributed by atoms with Gasteiger partial charge in [0.25, 0.3) is 5.91 Å². The van der Waals surface area contributed by atoms with E-state index < -0.39 is 0 Å². The van der Waals surface area contributed by atoms with E-state index in [2.05, 4.69) is 20.5 Å². The van der Waals surface area contributed by atoms with E-state index in [0.717, 1.165) is 11.4 Å². The summed E-state index contributed by atoms with van der Waals surface area (Å²) in [5.41, 5.74) is 8.43. The maximum absolute atomic E-state index is 12.8. The van der Waals surface area contributed by atoms with Crippen LogP contribution in [0.2, 0.25) is 0 Å². The molecule has 3 N–H and O–H groups in total. The quantitative estimate of drug-likeness (QED) is 0.597. The molecule has 0 bridgehead atoms. The number of anilines is 2. The molecule has 0 spiro atoms. The van der Waals surface area contributed by atoms with Crippen LogP contribution >= 0.6 is 0 Å². The summed E-state index contributed by atoms with van der Waals surface area (Å²) in [7, 11) is 0. The molecule has 25 heavy (non-hydrogen) atoms. The van der Waals surface area contributed by atoms with Crippen LogP contribution in [-0.4, -0.2) is 30.3 Å². The average Bonchev–Trinajstić information content (AvgIpc) is 3.14. The molecule has 8 heteroatoms. The second-order valence-electron chi connectivity index (χ2n) is 5.54. The van der Waals surface area contributed by atoms with E-state index in [1.165, 1.54) is 0 Å². The van der Waals surface area contributed by atoms with Gasteiger partial charge in [-0.2, -0.15) is 5.10 Å². The van der Waals surface area contributed by atoms with Crippen LogP contribution in [0.3, 0.4) is 0 Å². The molecule has 8 nitrogen and oxygen atoms in total. The van der Waals surface area contributed by atoms with Crippen molar-refractivity contribution in [3.05, 3.63) is 66.2 Å². The minimum absolute atomic E-state index is 0.174. The van der Waals surface area contributed by atoms with Crippen molar-refractivity contribution in [1.29, 1.82) is 0 Å². The number of rotatable bonds is 3. The van der Waals surface area contributed by atoms with E-state index in [1.54, 1.807) is 46.0 Å². The Kier molecular flexibility index (Phi) is 3.42. The summed E-state index contributed by atoms with van der Waals surface area (Å²) >= 11 is 0. The number of hydrogen-bond donors (Lipinski definition) is 2. The lowest BCUT2D eigenvalue weighted by Crippen LogP contribution is -2.16. The molecule has 1 amide bonds. The number of nitrogens with one attached hydrogen (secondary N) is 1. The summed E-state index contributed by atoms with van der Waals surface area (Å²) in [6, 6.07) is 10.9. The SMILES string of the molecule is Cc1cc(NC(=O)c2c(N)nn3ccccc23)n(-c2cccnc2)n1. The monoisotopic (exact) mass is 333 g/mol. The number of pyridine rings is 2. The first-order valence-electron chi connectivity index (χ1n) is 7.65. The summed E-state index contributed by atoms with van der Waals surface area (Å²) in [5, 5.41) is 11.4. The Morgan fingerprint density at radius 3 is 2.88 bits per heavy atom. The van der Waals surface area contributed by atoms with Crippen LogP contribution in [0.15, 0.2) is 55.0 Å². The minimum atomic E-state index is -0.344. The standard InChI is InChI=1S/C17H15N7O/c1-11-9-14(24(21-11)12-5-4-7-19-10-12)20-17(25)15-13-6-2-3-8-23(13)22-16(15)18/h2-10H,1H3,(H2,18,22)(H,20,25). The van der Waals surface area contributed by atoms with Crippen molar-refractivity contribution >= 4 is 23.1 Å². The van der Waals surface area contributed by atoms with E-state index >= 15 is 0 Å². The molecule has 0 aliphatic rings. The van der Waals surface area contributed by atoms with E-state index in [-0.39, 0.29) is 11.7 Å². The lowest BCUT2D eigenvalue weighted by Gasteiger charge is -2.08. The van der Waals surface area contributed by atoms with Crippen LogP contribution in [0.1, 0.15) is 16.1 Å².